The van der Waals surface area contributed by atoms with Crippen LogP contribution >= 0.6 is 11.8 Å². The molecule has 1 aliphatic rings. The largest absolute Gasteiger partial charge is 0.486 e. The van der Waals surface area contributed by atoms with E-state index < -0.39 is 0 Å². The second-order valence-corrected chi connectivity index (χ2v) is 7.95. The van der Waals surface area contributed by atoms with Gasteiger partial charge in [-0.2, -0.15) is 0 Å². The first-order chi connectivity index (χ1) is 14.2. The van der Waals surface area contributed by atoms with E-state index in [4.69, 9.17) is 9.47 Å². The fraction of sp³-hybridized carbons (Fsp3) is 0.208. The zero-order valence-electron chi connectivity index (χ0n) is 16.3. The molecule has 0 saturated heterocycles. The first-order valence-corrected chi connectivity index (χ1v) is 10.6. The molecule has 0 aromatic heterocycles. The molecule has 0 unspecified atom stereocenters. The fourth-order valence-corrected chi connectivity index (χ4v) is 4.00. The highest BCUT2D eigenvalue weighted by molar-refractivity contribution is 7.98. The monoisotopic (exact) mass is 405 g/mol. The van der Waals surface area contributed by atoms with Crippen molar-refractivity contribution in [1.82, 2.24) is 5.32 Å². The summed E-state index contributed by atoms with van der Waals surface area (Å²) in [5.41, 5.74) is 2.83. The van der Waals surface area contributed by atoms with Crippen LogP contribution in [-0.4, -0.2) is 19.1 Å². The maximum atomic E-state index is 12.6. The van der Waals surface area contributed by atoms with Gasteiger partial charge >= 0.3 is 0 Å². The molecule has 1 heterocycles. The van der Waals surface area contributed by atoms with Gasteiger partial charge in [-0.3, -0.25) is 4.79 Å². The van der Waals surface area contributed by atoms with Crippen molar-refractivity contribution < 1.29 is 14.3 Å². The van der Waals surface area contributed by atoms with Gasteiger partial charge in [-0.25, -0.2) is 0 Å². The van der Waals surface area contributed by atoms with E-state index in [1.807, 2.05) is 67.6 Å². The van der Waals surface area contributed by atoms with Crippen LogP contribution < -0.4 is 14.8 Å². The molecule has 0 radical (unpaired) electrons. The number of hydrogen-bond acceptors (Lipinski definition) is 4. The molecule has 0 saturated carbocycles. The molecule has 4 nitrogen and oxygen atoms in total. The number of rotatable bonds is 6. The van der Waals surface area contributed by atoms with E-state index in [1.54, 1.807) is 11.8 Å². The number of benzene rings is 3. The van der Waals surface area contributed by atoms with Crippen LogP contribution in [0.25, 0.3) is 0 Å². The molecule has 3 aromatic carbocycles. The van der Waals surface area contributed by atoms with Crippen molar-refractivity contribution in [3.8, 4) is 11.5 Å². The number of ether oxygens (including phenoxy) is 2. The summed E-state index contributed by atoms with van der Waals surface area (Å²) in [4.78, 5) is 13.9. The molecule has 3 aromatic rings. The third-order valence-electron chi connectivity index (χ3n) is 4.78. The zero-order chi connectivity index (χ0) is 20.1. The molecule has 1 amide bonds. The molecule has 0 spiro atoms. The minimum Gasteiger partial charge on any atom is -0.486 e. The lowest BCUT2D eigenvalue weighted by atomic mass is 10.1. The first-order valence-electron chi connectivity index (χ1n) is 9.66. The minimum atomic E-state index is -0.133. The molecular formula is C24H23NO3S. The number of carbonyl (C=O) groups excluding carboxylic acids is 1. The van der Waals surface area contributed by atoms with Gasteiger partial charge in [-0.05, 0) is 54.4 Å². The molecule has 1 aliphatic heterocycles. The molecule has 4 rings (SSSR count). The third-order valence-corrected chi connectivity index (χ3v) is 5.86. The maximum absolute atomic E-state index is 12.6. The average Bonchev–Trinajstić information content (AvgIpc) is 2.78. The molecule has 5 heteroatoms. The summed E-state index contributed by atoms with van der Waals surface area (Å²) in [5.74, 6) is 2.27. The molecule has 0 fully saturated rings. The summed E-state index contributed by atoms with van der Waals surface area (Å²) in [6, 6.07) is 23.8. The van der Waals surface area contributed by atoms with Crippen LogP contribution in [0.1, 0.15) is 34.5 Å². The van der Waals surface area contributed by atoms with Crippen molar-refractivity contribution in [1.29, 1.82) is 0 Å². The highest BCUT2D eigenvalue weighted by Gasteiger charge is 2.16. The normalized spacial score (nSPS) is 13.6. The highest BCUT2D eigenvalue weighted by Crippen LogP contribution is 2.32. The molecule has 1 atom stereocenters. The standard InChI is InChI=1S/C24H23NO3S/c1-17(20-11-12-22-23(15-20)28-14-13-27-22)25-24(26)19-9-7-18(8-10-19)16-29-21-5-3-2-4-6-21/h2-12,15,17H,13-14,16H2,1H3,(H,25,26)/t17-/m1/s1. The summed E-state index contributed by atoms with van der Waals surface area (Å²) in [6.45, 7) is 3.08. The molecule has 29 heavy (non-hydrogen) atoms. The van der Waals surface area contributed by atoms with Gasteiger partial charge in [-0.1, -0.05) is 36.4 Å². The Labute approximate surface area is 175 Å². The summed E-state index contributed by atoms with van der Waals surface area (Å²) in [7, 11) is 0. The van der Waals surface area contributed by atoms with Gasteiger partial charge in [0.2, 0.25) is 0 Å². The van der Waals surface area contributed by atoms with Crippen LogP contribution in [0.4, 0.5) is 0 Å². The van der Waals surface area contributed by atoms with E-state index in [0.717, 1.165) is 22.8 Å². The Bertz CT molecular complexity index is 973. The summed E-state index contributed by atoms with van der Waals surface area (Å²) < 4.78 is 11.2. The van der Waals surface area contributed by atoms with Crippen molar-refractivity contribution in [3.05, 3.63) is 89.5 Å². The van der Waals surface area contributed by atoms with Gasteiger partial charge in [0.25, 0.3) is 5.91 Å². The highest BCUT2D eigenvalue weighted by atomic mass is 32.2. The maximum Gasteiger partial charge on any atom is 0.251 e. The van der Waals surface area contributed by atoms with E-state index in [0.29, 0.717) is 18.8 Å². The lowest BCUT2D eigenvalue weighted by Gasteiger charge is -2.21. The van der Waals surface area contributed by atoms with Crippen molar-refractivity contribution in [2.45, 2.75) is 23.6 Å². The van der Waals surface area contributed by atoms with Gasteiger partial charge in [-0.15, -0.1) is 11.8 Å². The Balaban J connectivity index is 1.35. The van der Waals surface area contributed by atoms with Gasteiger partial charge < -0.3 is 14.8 Å². The van der Waals surface area contributed by atoms with Gasteiger partial charge in [0.05, 0.1) is 6.04 Å². The van der Waals surface area contributed by atoms with Crippen LogP contribution in [0.2, 0.25) is 0 Å². The Morgan fingerprint density at radius 3 is 2.45 bits per heavy atom. The predicted molar refractivity (Wildman–Crippen MR) is 116 cm³/mol. The topological polar surface area (TPSA) is 47.6 Å². The summed E-state index contributed by atoms with van der Waals surface area (Å²) in [6.07, 6.45) is 0. The van der Waals surface area contributed by atoms with Crippen LogP contribution in [0.15, 0.2) is 77.7 Å². The van der Waals surface area contributed by atoms with Crippen LogP contribution in [-0.2, 0) is 5.75 Å². The number of nitrogens with one attached hydrogen (secondary N) is 1. The van der Waals surface area contributed by atoms with Gasteiger partial charge in [0.1, 0.15) is 13.2 Å². The summed E-state index contributed by atoms with van der Waals surface area (Å²) in [5, 5.41) is 3.06. The second-order valence-electron chi connectivity index (χ2n) is 6.90. The molecule has 0 bridgehead atoms. The number of hydrogen-bond donors (Lipinski definition) is 1. The van der Waals surface area contributed by atoms with Crippen LogP contribution in [0.5, 0.6) is 11.5 Å². The lowest BCUT2D eigenvalue weighted by molar-refractivity contribution is 0.0939. The lowest BCUT2D eigenvalue weighted by Crippen LogP contribution is -2.26. The van der Waals surface area contributed by atoms with Crippen LogP contribution in [0, 0.1) is 0 Å². The molecular weight excluding hydrogens is 382 g/mol. The fourth-order valence-electron chi connectivity index (χ4n) is 3.13. The number of fused-ring (bicyclic) bond motifs is 1. The minimum absolute atomic E-state index is 0.0883. The number of carbonyl (C=O) groups is 1. The van der Waals surface area contributed by atoms with E-state index in [9.17, 15) is 4.79 Å². The van der Waals surface area contributed by atoms with Gasteiger partial charge in [0, 0.05) is 16.2 Å². The van der Waals surface area contributed by atoms with Crippen molar-refractivity contribution >= 4 is 17.7 Å². The SMILES string of the molecule is C[C@@H](NC(=O)c1ccc(CSc2ccccc2)cc1)c1ccc2c(c1)OCCO2. The van der Waals surface area contributed by atoms with E-state index in [1.165, 1.54) is 10.5 Å². The molecule has 0 aliphatic carbocycles. The Morgan fingerprint density at radius 2 is 1.69 bits per heavy atom. The Morgan fingerprint density at radius 1 is 0.966 bits per heavy atom. The third kappa shape index (κ3) is 4.93. The molecule has 1 N–H and O–H groups in total. The molecule has 148 valence electrons. The van der Waals surface area contributed by atoms with E-state index in [-0.39, 0.29) is 11.9 Å². The van der Waals surface area contributed by atoms with Crippen molar-refractivity contribution in [3.63, 3.8) is 0 Å². The average molecular weight is 406 g/mol. The predicted octanol–water partition coefficient (Wildman–Crippen LogP) is 5.24. The van der Waals surface area contributed by atoms with E-state index in [2.05, 4.69) is 17.4 Å². The van der Waals surface area contributed by atoms with Crippen molar-refractivity contribution in [2.75, 3.05) is 13.2 Å². The van der Waals surface area contributed by atoms with Crippen LogP contribution in [0.3, 0.4) is 0 Å². The van der Waals surface area contributed by atoms with Gasteiger partial charge in [0.15, 0.2) is 11.5 Å². The first kappa shape index (κ1) is 19.4. The van der Waals surface area contributed by atoms with Crippen molar-refractivity contribution in [2.24, 2.45) is 0 Å². The Hall–Kier alpha value is -2.92. The number of amides is 1. The quantitative estimate of drug-likeness (QED) is 0.570. The second kappa shape index (κ2) is 9.05. The Kier molecular flexibility index (Phi) is 6.06. The summed E-state index contributed by atoms with van der Waals surface area (Å²) >= 11 is 1.78. The number of thioether (sulfide) groups is 1. The van der Waals surface area contributed by atoms with E-state index >= 15 is 0 Å². The zero-order valence-corrected chi connectivity index (χ0v) is 17.1. The smallest absolute Gasteiger partial charge is 0.251 e.